The van der Waals surface area contributed by atoms with E-state index in [1.54, 1.807) is 0 Å². The summed E-state index contributed by atoms with van der Waals surface area (Å²) < 4.78 is 0. The third kappa shape index (κ3) is 16.3. The topological polar surface area (TPSA) is 305 Å². The highest BCUT2D eigenvalue weighted by Crippen LogP contribution is 2.07. The number of hydrogen-bond donors (Lipinski definition) is 12. The Kier molecular flexibility index (Phi) is 18.5. The fourth-order valence-electron chi connectivity index (χ4n) is 3.40. The van der Waals surface area contributed by atoms with Gasteiger partial charge in [0.1, 0.15) is 24.2 Å². The van der Waals surface area contributed by atoms with E-state index < -0.39 is 72.2 Å². The monoisotopic (exact) mass is 605 g/mol. The van der Waals surface area contributed by atoms with Gasteiger partial charge < -0.3 is 54.0 Å². The number of carboxylic acids is 2. The zero-order valence-electron chi connectivity index (χ0n) is 23.0. The summed E-state index contributed by atoms with van der Waals surface area (Å²) >= 11 is 3.90. The summed E-state index contributed by atoms with van der Waals surface area (Å²) in [5, 5.41) is 37.8. The Morgan fingerprint density at radius 1 is 0.780 bits per heavy atom. The van der Waals surface area contributed by atoms with E-state index in [2.05, 4.69) is 39.2 Å². The molecule has 0 aromatic carbocycles. The third-order valence-electron chi connectivity index (χ3n) is 5.69. The van der Waals surface area contributed by atoms with Crippen LogP contribution >= 0.6 is 12.6 Å². The molecule has 0 spiro atoms. The van der Waals surface area contributed by atoms with Crippen molar-refractivity contribution in [3.63, 3.8) is 0 Å². The van der Waals surface area contributed by atoms with Gasteiger partial charge >= 0.3 is 11.9 Å². The molecule has 0 fully saturated rings. The van der Waals surface area contributed by atoms with Crippen molar-refractivity contribution in [1.82, 2.24) is 26.6 Å². The van der Waals surface area contributed by atoms with Gasteiger partial charge in [0.2, 0.25) is 23.6 Å². The van der Waals surface area contributed by atoms with Crippen molar-refractivity contribution in [1.29, 1.82) is 5.41 Å². The number of carbonyl (C=O) groups excluding carboxylic acids is 4. The summed E-state index contributed by atoms with van der Waals surface area (Å²) in [5.41, 5.74) is 16.3. The van der Waals surface area contributed by atoms with Crippen LogP contribution in [0.5, 0.6) is 0 Å². The zero-order chi connectivity index (χ0) is 31.5. The minimum Gasteiger partial charge on any atom is -0.481 e. The lowest BCUT2D eigenvalue weighted by Crippen LogP contribution is -2.58. The highest BCUT2D eigenvalue weighted by atomic mass is 32.1. The number of thiol groups is 1. The van der Waals surface area contributed by atoms with Crippen molar-refractivity contribution in [3.8, 4) is 0 Å². The maximum Gasteiger partial charge on any atom is 0.327 e. The molecule has 18 heteroatoms. The Balaban J connectivity index is 5.87. The summed E-state index contributed by atoms with van der Waals surface area (Å²) in [5.74, 6) is -6.28. The van der Waals surface area contributed by atoms with Crippen LogP contribution in [-0.2, 0) is 28.8 Å². The van der Waals surface area contributed by atoms with Gasteiger partial charge in [0.15, 0.2) is 5.96 Å². The number of amides is 4. The molecule has 0 aliphatic carbocycles. The minimum absolute atomic E-state index is 0.0253. The SMILES string of the molecule is C[C@H](N)C(=O)N[C@@H](CCCCN)C(=O)N[C@@H](CCC(=O)O)C(=O)N[C@@H](CCCNC(=N)N)C(=O)N[C@@H](CS)C(=O)O. The van der Waals surface area contributed by atoms with Crippen molar-refractivity contribution < 1.29 is 39.0 Å². The molecule has 0 unspecified atom stereocenters. The second kappa shape index (κ2) is 20.3. The number of unbranched alkanes of at least 4 members (excludes halogenated alkanes) is 1. The van der Waals surface area contributed by atoms with Crippen LogP contribution in [0.3, 0.4) is 0 Å². The van der Waals surface area contributed by atoms with E-state index in [1.165, 1.54) is 6.92 Å². The van der Waals surface area contributed by atoms with Crippen molar-refractivity contribution in [2.24, 2.45) is 17.2 Å². The second-order valence-electron chi connectivity index (χ2n) is 9.25. The molecule has 0 aromatic rings. The lowest BCUT2D eigenvalue weighted by atomic mass is 10.0. The van der Waals surface area contributed by atoms with Gasteiger partial charge in [-0.05, 0) is 52.0 Å². The molecule has 14 N–H and O–H groups in total. The van der Waals surface area contributed by atoms with Crippen LogP contribution in [0.25, 0.3) is 0 Å². The molecule has 0 rings (SSSR count). The highest BCUT2D eigenvalue weighted by Gasteiger charge is 2.31. The average Bonchev–Trinajstić information content (AvgIpc) is 2.89. The van der Waals surface area contributed by atoms with Gasteiger partial charge in [-0.2, -0.15) is 12.6 Å². The van der Waals surface area contributed by atoms with Crippen LogP contribution in [0.4, 0.5) is 0 Å². The average molecular weight is 606 g/mol. The molecule has 0 heterocycles. The van der Waals surface area contributed by atoms with E-state index in [4.69, 9.17) is 27.7 Å². The van der Waals surface area contributed by atoms with Gasteiger partial charge in [0.05, 0.1) is 6.04 Å². The lowest BCUT2D eigenvalue weighted by Gasteiger charge is -2.26. The number of nitrogens with two attached hydrogens (primary N) is 3. The van der Waals surface area contributed by atoms with E-state index >= 15 is 0 Å². The highest BCUT2D eigenvalue weighted by molar-refractivity contribution is 7.80. The van der Waals surface area contributed by atoms with Crippen molar-refractivity contribution in [2.75, 3.05) is 18.8 Å². The number of guanidine groups is 1. The third-order valence-corrected chi connectivity index (χ3v) is 6.05. The first-order valence-corrected chi connectivity index (χ1v) is 13.7. The maximum atomic E-state index is 13.2. The molecule has 0 saturated heterocycles. The molecule has 0 aromatic heterocycles. The van der Waals surface area contributed by atoms with Gasteiger partial charge in [-0.1, -0.05) is 0 Å². The standard InChI is InChI=1S/C23H43N9O8S/c1-12(25)18(35)29-13(5-2-3-9-24)19(36)31-15(7-8-17(33)34)21(38)30-14(6-4-10-28-23(26)27)20(37)32-16(11-41)22(39)40/h12-16,41H,2-11,24-25H2,1H3,(H,29,35)(H,30,38)(H,31,36)(H,32,37)(H,33,34)(H,39,40)(H4,26,27,28)/t12-,13-,14-,15-,16-/m0/s1. The summed E-state index contributed by atoms with van der Waals surface area (Å²) in [4.78, 5) is 73.9. The molecule has 234 valence electrons. The number of hydrogen-bond acceptors (Lipinski definition) is 10. The van der Waals surface area contributed by atoms with Crippen LogP contribution in [0.2, 0.25) is 0 Å². The van der Waals surface area contributed by atoms with E-state index in [1.807, 2.05) is 0 Å². The van der Waals surface area contributed by atoms with Gasteiger partial charge in [0.25, 0.3) is 0 Å². The van der Waals surface area contributed by atoms with E-state index in [-0.39, 0.29) is 43.9 Å². The van der Waals surface area contributed by atoms with Gasteiger partial charge in [-0.3, -0.25) is 29.4 Å². The molecular weight excluding hydrogens is 562 g/mol. The van der Waals surface area contributed by atoms with Gasteiger partial charge in [0, 0.05) is 18.7 Å². The fraction of sp³-hybridized carbons (Fsp3) is 0.696. The number of rotatable bonds is 21. The first-order chi connectivity index (χ1) is 19.2. The van der Waals surface area contributed by atoms with Crippen LogP contribution in [0.1, 0.15) is 51.9 Å². The first kappa shape index (κ1) is 37.4. The zero-order valence-corrected chi connectivity index (χ0v) is 23.9. The van der Waals surface area contributed by atoms with E-state index in [0.717, 1.165) is 0 Å². The van der Waals surface area contributed by atoms with Crippen molar-refractivity contribution >= 4 is 54.2 Å². The van der Waals surface area contributed by atoms with Crippen molar-refractivity contribution in [3.05, 3.63) is 0 Å². The largest absolute Gasteiger partial charge is 0.481 e. The van der Waals surface area contributed by atoms with E-state index in [9.17, 15) is 33.9 Å². The molecule has 41 heavy (non-hydrogen) atoms. The quantitative estimate of drug-likeness (QED) is 0.0263. The molecular formula is C23H43N9O8S. The molecule has 0 aliphatic rings. The summed E-state index contributed by atoms with van der Waals surface area (Å²) in [6, 6.07) is -6.09. The summed E-state index contributed by atoms with van der Waals surface area (Å²) in [7, 11) is 0. The Morgan fingerprint density at radius 2 is 1.24 bits per heavy atom. The Labute approximate surface area is 243 Å². The van der Waals surface area contributed by atoms with Crippen LogP contribution < -0.4 is 43.8 Å². The first-order valence-electron chi connectivity index (χ1n) is 13.0. The van der Waals surface area contributed by atoms with Crippen LogP contribution in [-0.4, -0.2) is 101 Å². The summed E-state index contributed by atoms with van der Waals surface area (Å²) in [6.07, 6.45) is 0.522. The molecule has 17 nitrogen and oxygen atoms in total. The predicted octanol–water partition coefficient (Wildman–Crippen LogP) is -3.46. The van der Waals surface area contributed by atoms with Crippen LogP contribution in [0.15, 0.2) is 0 Å². The molecule has 0 bridgehead atoms. The Hall–Kier alpha value is -3.64. The molecule has 0 saturated carbocycles. The van der Waals surface area contributed by atoms with Gasteiger partial charge in [-0.15, -0.1) is 0 Å². The van der Waals surface area contributed by atoms with Crippen LogP contribution in [0, 0.1) is 5.41 Å². The Bertz CT molecular complexity index is 922. The van der Waals surface area contributed by atoms with Gasteiger partial charge in [-0.25, -0.2) is 4.79 Å². The maximum absolute atomic E-state index is 13.2. The molecule has 4 amide bonds. The number of nitrogens with one attached hydrogen (secondary N) is 6. The number of carbonyl (C=O) groups is 6. The minimum atomic E-state index is -1.42. The fourth-order valence-corrected chi connectivity index (χ4v) is 3.65. The molecule has 0 aliphatic heterocycles. The molecule has 0 radical (unpaired) electrons. The van der Waals surface area contributed by atoms with Crippen molar-refractivity contribution in [2.45, 2.75) is 82.1 Å². The lowest BCUT2D eigenvalue weighted by molar-refractivity contribution is -0.141. The Morgan fingerprint density at radius 3 is 1.66 bits per heavy atom. The predicted molar refractivity (Wildman–Crippen MR) is 152 cm³/mol. The normalized spacial score (nSPS) is 14.3. The number of carboxylic acid groups (broad SMARTS) is 2. The second-order valence-corrected chi connectivity index (χ2v) is 9.62. The van der Waals surface area contributed by atoms with E-state index in [0.29, 0.717) is 19.4 Å². The summed E-state index contributed by atoms with van der Waals surface area (Å²) in [6.45, 7) is 1.93. The smallest absolute Gasteiger partial charge is 0.327 e. The number of aliphatic carboxylic acids is 2. The molecule has 5 atom stereocenters.